The second-order valence-electron chi connectivity index (χ2n) is 3.61. The Balaban J connectivity index is 2.57. The lowest BCUT2D eigenvalue weighted by Gasteiger charge is -2.06. The van der Waals surface area contributed by atoms with Crippen molar-refractivity contribution in [2.45, 2.75) is 0 Å². The monoisotopic (exact) mass is 278 g/mol. The second kappa shape index (κ2) is 4.14. The van der Waals surface area contributed by atoms with Crippen molar-refractivity contribution in [1.29, 1.82) is 0 Å². The number of hydrogen-bond donors (Lipinski definition) is 1. The van der Waals surface area contributed by atoms with Crippen LogP contribution in [0.5, 0.6) is 0 Å². The normalized spacial score (nSPS) is 10.4. The van der Waals surface area contributed by atoms with E-state index in [1.807, 2.05) is 24.3 Å². The molecular formula is C12H11BrN2O. The number of aryl methyl sites for hydroxylation is 1. The van der Waals surface area contributed by atoms with E-state index < -0.39 is 0 Å². The summed E-state index contributed by atoms with van der Waals surface area (Å²) in [5, 5.41) is 0. The Morgan fingerprint density at radius 1 is 1.19 bits per heavy atom. The zero-order valence-electron chi connectivity index (χ0n) is 8.77. The quantitative estimate of drug-likeness (QED) is 0.871. The summed E-state index contributed by atoms with van der Waals surface area (Å²) < 4.78 is 2.52. The number of halogens is 1. The summed E-state index contributed by atoms with van der Waals surface area (Å²) in [6.07, 6.45) is 1.78. The highest BCUT2D eigenvalue weighted by atomic mass is 79.9. The van der Waals surface area contributed by atoms with Gasteiger partial charge in [0.15, 0.2) is 0 Å². The predicted octanol–water partition coefficient (Wildman–Crippen LogP) is 2.40. The molecule has 0 amide bonds. The number of pyridine rings is 1. The van der Waals surface area contributed by atoms with Crippen LogP contribution in [0.1, 0.15) is 0 Å². The lowest BCUT2D eigenvalue weighted by molar-refractivity contribution is 0.866. The molecule has 2 aromatic rings. The second-order valence-corrected chi connectivity index (χ2v) is 4.52. The first-order valence-corrected chi connectivity index (χ1v) is 5.59. The summed E-state index contributed by atoms with van der Waals surface area (Å²) >= 11 is 3.38. The van der Waals surface area contributed by atoms with Crippen LogP contribution in [0.4, 0.5) is 5.69 Å². The Morgan fingerprint density at radius 2 is 1.81 bits per heavy atom. The van der Waals surface area contributed by atoms with Gasteiger partial charge in [0.2, 0.25) is 0 Å². The third-order valence-electron chi connectivity index (χ3n) is 2.39. The van der Waals surface area contributed by atoms with Gasteiger partial charge in [-0.05, 0) is 23.8 Å². The molecule has 0 atom stereocenters. The SMILES string of the molecule is Cn1cc(-c2ccc(Br)cc2)cc(N)c1=O. The van der Waals surface area contributed by atoms with E-state index in [1.54, 1.807) is 19.3 Å². The Labute approximate surface area is 102 Å². The predicted molar refractivity (Wildman–Crippen MR) is 69.2 cm³/mol. The van der Waals surface area contributed by atoms with E-state index in [4.69, 9.17) is 5.73 Å². The van der Waals surface area contributed by atoms with Crippen LogP contribution in [0.15, 0.2) is 45.8 Å². The number of nitrogen functional groups attached to an aromatic ring is 1. The molecule has 0 spiro atoms. The summed E-state index contributed by atoms with van der Waals surface area (Å²) in [6.45, 7) is 0. The molecule has 82 valence electrons. The molecule has 2 rings (SSSR count). The maximum Gasteiger partial charge on any atom is 0.273 e. The van der Waals surface area contributed by atoms with Crippen LogP contribution >= 0.6 is 15.9 Å². The number of benzene rings is 1. The minimum Gasteiger partial charge on any atom is -0.394 e. The Kier molecular flexibility index (Phi) is 2.83. The number of anilines is 1. The molecule has 1 aromatic carbocycles. The van der Waals surface area contributed by atoms with E-state index in [0.29, 0.717) is 0 Å². The maximum atomic E-state index is 11.4. The Bertz CT molecular complexity index is 546. The highest BCUT2D eigenvalue weighted by Gasteiger charge is 2.03. The van der Waals surface area contributed by atoms with Crippen molar-refractivity contribution in [3.05, 3.63) is 51.4 Å². The van der Waals surface area contributed by atoms with Crippen LogP contribution in [-0.2, 0) is 7.05 Å². The molecule has 0 radical (unpaired) electrons. The lowest BCUT2D eigenvalue weighted by atomic mass is 10.1. The molecule has 0 fully saturated rings. The number of nitrogens with two attached hydrogens (primary N) is 1. The standard InChI is InChI=1S/C12H11BrN2O/c1-15-7-9(6-11(14)12(15)16)8-2-4-10(13)5-3-8/h2-7H,14H2,1H3. The third-order valence-corrected chi connectivity index (χ3v) is 2.92. The first-order chi connectivity index (χ1) is 7.58. The van der Waals surface area contributed by atoms with Gasteiger partial charge in [0, 0.05) is 23.3 Å². The minimum absolute atomic E-state index is 0.166. The van der Waals surface area contributed by atoms with E-state index >= 15 is 0 Å². The number of nitrogens with zero attached hydrogens (tertiary/aromatic N) is 1. The molecule has 2 N–H and O–H groups in total. The van der Waals surface area contributed by atoms with Gasteiger partial charge in [-0.25, -0.2) is 0 Å². The number of rotatable bonds is 1. The van der Waals surface area contributed by atoms with Crippen molar-refractivity contribution >= 4 is 21.6 Å². The molecule has 0 aliphatic rings. The van der Waals surface area contributed by atoms with Crippen molar-refractivity contribution in [3.8, 4) is 11.1 Å². The zero-order valence-corrected chi connectivity index (χ0v) is 10.4. The van der Waals surface area contributed by atoms with Gasteiger partial charge >= 0.3 is 0 Å². The minimum atomic E-state index is -0.166. The maximum absolute atomic E-state index is 11.4. The molecule has 0 saturated heterocycles. The molecule has 3 nitrogen and oxygen atoms in total. The van der Waals surface area contributed by atoms with E-state index in [1.165, 1.54) is 4.57 Å². The fourth-order valence-corrected chi connectivity index (χ4v) is 1.80. The molecule has 1 aromatic heterocycles. The van der Waals surface area contributed by atoms with E-state index in [9.17, 15) is 4.79 Å². The number of aromatic nitrogens is 1. The van der Waals surface area contributed by atoms with E-state index in [-0.39, 0.29) is 11.2 Å². The van der Waals surface area contributed by atoms with Gasteiger partial charge in [-0.1, -0.05) is 28.1 Å². The fourth-order valence-electron chi connectivity index (χ4n) is 1.54. The third kappa shape index (κ3) is 2.02. The average Bonchev–Trinajstić information content (AvgIpc) is 2.26. The molecule has 16 heavy (non-hydrogen) atoms. The molecule has 1 heterocycles. The van der Waals surface area contributed by atoms with Crippen LogP contribution in [0.3, 0.4) is 0 Å². The molecule has 0 aliphatic carbocycles. The smallest absolute Gasteiger partial charge is 0.273 e. The van der Waals surface area contributed by atoms with E-state index in [2.05, 4.69) is 15.9 Å². The van der Waals surface area contributed by atoms with Crippen LogP contribution in [0.2, 0.25) is 0 Å². The summed E-state index contributed by atoms with van der Waals surface area (Å²) in [5.41, 5.74) is 7.72. The summed E-state index contributed by atoms with van der Waals surface area (Å²) in [6, 6.07) is 9.56. The molecule has 0 saturated carbocycles. The van der Waals surface area contributed by atoms with Gasteiger partial charge < -0.3 is 10.3 Å². The van der Waals surface area contributed by atoms with Gasteiger partial charge in [-0.15, -0.1) is 0 Å². The fraction of sp³-hybridized carbons (Fsp3) is 0.0833. The van der Waals surface area contributed by atoms with Crippen molar-refractivity contribution < 1.29 is 0 Å². The van der Waals surface area contributed by atoms with Crippen molar-refractivity contribution in [1.82, 2.24) is 4.57 Å². The van der Waals surface area contributed by atoms with Crippen molar-refractivity contribution in [2.24, 2.45) is 7.05 Å². The molecule has 0 aliphatic heterocycles. The molecule has 0 unspecified atom stereocenters. The highest BCUT2D eigenvalue weighted by Crippen LogP contribution is 2.21. The van der Waals surface area contributed by atoms with Crippen LogP contribution in [0, 0.1) is 0 Å². The van der Waals surface area contributed by atoms with Gasteiger partial charge in [-0.2, -0.15) is 0 Å². The van der Waals surface area contributed by atoms with Crippen molar-refractivity contribution in [2.75, 3.05) is 5.73 Å². The number of hydrogen-bond acceptors (Lipinski definition) is 2. The Morgan fingerprint density at radius 3 is 2.38 bits per heavy atom. The van der Waals surface area contributed by atoms with Gasteiger partial charge in [0.1, 0.15) is 0 Å². The average molecular weight is 279 g/mol. The molecular weight excluding hydrogens is 268 g/mol. The molecule has 4 heteroatoms. The summed E-state index contributed by atoms with van der Waals surface area (Å²) in [4.78, 5) is 11.4. The molecule has 0 bridgehead atoms. The summed E-state index contributed by atoms with van der Waals surface area (Å²) in [5.74, 6) is 0. The van der Waals surface area contributed by atoms with Gasteiger partial charge in [-0.3, -0.25) is 4.79 Å². The van der Waals surface area contributed by atoms with Gasteiger partial charge in [0.05, 0.1) is 5.69 Å². The van der Waals surface area contributed by atoms with E-state index in [0.717, 1.165) is 15.6 Å². The largest absolute Gasteiger partial charge is 0.394 e. The lowest BCUT2D eigenvalue weighted by Crippen LogP contribution is -2.19. The summed E-state index contributed by atoms with van der Waals surface area (Å²) in [7, 11) is 1.70. The van der Waals surface area contributed by atoms with Crippen LogP contribution in [-0.4, -0.2) is 4.57 Å². The first-order valence-electron chi connectivity index (χ1n) is 4.80. The van der Waals surface area contributed by atoms with Crippen LogP contribution in [0.25, 0.3) is 11.1 Å². The van der Waals surface area contributed by atoms with Crippen molar-refractivity contribution in [3.63, 3.8) is 0 Å². The Hall–Kier alpha value is -1.55. The first kappa shape index (κ1) is 11.0. The van der Waals surface area contributed by atoms with Gasteiger partial charge in [0.25, 0.3) is 5.56 Å². The topological polar surface area (TPSA) is 48.0 Å². The zero-order chi connectivity index (χ0) is 11.7. The highest BCUT2D eigenvalue weighted by molar-refractivity contribution is 9.10. The van der Waals surface area contributed by atoms with Crippen LogP contribution < -0.4 is 11.3 Å².